The van der Waals surface area contributed by atoms with E-state index >= 15 is 0 Å². The lowest BCUT2D eigenvalue weighted by atomic mass is 10.0. The number of likely N-dealkylation sites (tertiary alicyclic amines) is 1. The third-order valence-corrected chi connectivity index (χ3v) is 4.69. The van der Waals surface area contributed by atoms with Crippen molar-refractivity contribution in [3.63, 3.8) is 0 Å². The van der Waals surface area contributed by atoms with Crippen molar-refractivity contribution in [1.82, 2.24) is 20.0 Å². The van der Waals surface area contributed by atoms with E-state index in [1.807, 2.05) is 7.05 Å². The third-order valence-electron chi connectivity index (χ3n) is 3.68. The monoisotopic (exact) mass is 302 g/mol. The molecule has 0 saturated carbocycles. The Kier molecular flexibility index (Phi) is 4.76. The molecule has 1 fully saturated rings. The van der Waals surface area contributed by atoms with Crippen LogP contribution >= 0.6 is 22.9 Å². The molecular weight excluding hydrogens is 284 g/mol. The molecule has 0 bridgehead atoms. The molecule has 0 unspecified atom stereocenters. The van der Waals surface area contributed by atoms with Gasteiger partial charge in [0.2, 0.25) is 9.47 Å². The molecule has 2 rings (SSSR count). The zero-order valence-electron chi connectivity index (χ0n) is 11.5. The molecule has 19 heavy (non-hydrogen) atoms. The first-order chi connectivity index (χ1) is 8.99. The Labute approximate surface area is 122 Å². The van der Waals surface area contributed by atoms with E-state index in [9.17, 15) is 4.79 Å². The molecule has 0 spiro atoms. The molecule has 0 radical (unpaired) electrons. The normalized spacial score (nSPS) is 17.9. The van der Waals surface area contributed by atoms with Crippen molar-refractivity contribution in [2.24, 2.45) is 0 Å². The fourth-order valence-corrected chi connectivity index (χ4v) is 3.21. The molecule has 106 valence electrons. The highest BCUT2D eigenvalue weighted by molar-refractivity contribution is 7.17. The highest BCUT2D eigenvalue weighted by Crippen LogP contribution is 2.21. The van der Waals surface area contributed by atoms with Crippen molar-refractivity contribution in [2.45, 2.75) is 38.8 Å². The molecule has 0 atom stereocenters. The number of hydrogen-bond acceptors (Lipinski definition) is 5. The van der Waals surface area contributed by atoms with Crippen LogP contribution in [0, 0.1) is 0 Å². The highest BCUT2D eigenvalue weighted by atomic mass is 35.5. The summed E-state index contributed by atoms with van der Waals surface area (Å²) in [6.07, 6.45) is 2.01. The lowest BCUT2D eigenvalue weighted by Crippen LogP contribution is -2.47. The minimum absolute atomic E-state index is 0.0765. The van der Waals surface area contributed by atoms with Crippen molar-refractivity contribution < 1.29 is 4.79 Å². The Bertz CT molecular complexity index is 443. The van der Waals surface area contributed by atoms with Gasteiger partial charge in [-0.1, -0.05) is 11.3 Å². The Morgan fingerprint density at radius 1 is 1.42 bits per heavy atom. The summed E-state index contributed by atoms with van der Waals surface area (Å²) in [7, 11) is 1.84. The minimum Gasteiger partial charge on any atom is -0.337 e. The van der Waals surface area contributed by atoms with Crippen LogP contribution in [0.3, 0.4) is 0 Å². The zero-order chi connectivity index (χ0) is 14.0. The average molecular weight is 303 g/mol. The summed E-state index contributed by atoms with van der Waals surface area (Å²) in [4.78, 5) is 16.5. The predicted molar refractivity (Wildman–Crippen MR) is 76.7 cm³/mol. The third kappa shape index (κ3) is 3.43. The Morgan fingerprint density at radius 2 is 2.05 bits per heavy atom. The summed E-state index contributed by atoms with van der Waals surface area (Å²) in [6, 6.07) is 0.856. The van der Waals surface area contributed by atoms with Gasteiger partial charge >= 0.3 is 0 Å². The molecule has 1 aliphatic heterocycles. The van der Waals surface area contributed by atoms with E-state index in [2.05, 4.69) is 28.9 Å². The van der Waals surface area contributed by atoms with Crippen LogP contribution in [0.25, 0.3) is 0 Å². The molecule has 0 aromatic carbocycles. The molecule has 0 N–H and O–H groups in total. The van der Waals surface area contributed by atoms with Gasteiger partial charge in [0, 0.05) is 32.2 Å². The second-order valence-corrected chi connectivity index (χ2v) is 6.70. The van der Waals surface area contributed by atoms with Crippen LogP contribution in [0.1, 0.15) is 36.5 Å². The van der Waals surface area contributed by atoms with E-state index < -0.39 is 0 Å². The summed E-state index contributed by atoms with van der Waals surface area (Å²) in [5.41, 5.74) is 0. The van der Waals surface area contributed by atoms with Crippen LogP contribution in [-0.4, -0.2) is 58.1 Å². The van der Waals surface area contributed by atoms with Gasteiger partial charge in [-0.3, -0.25) is 4.79 Å². The maximum atomic E-state index is 12.2. The second-order valence-electron chi connectivity index (χ2n) is 5.14. The smallest absolute Gasteiger partial charge is 0.284 e. The Balaban J connectivity index is 1.94. The molecule has 1 aromatic rings. The van der Waals surface area contributed by atoms with Gasteiger partial charge in [-0.05, 0) is 38.3 Å². The van der Waals surface area contributed by atoms with Crippen LogP contribution in [0.2, 0.25) is 4.47 Å². The van der Waals surface area contributed by atoms with E-state index in [4.69, 9.17) is 11.6 Å². The Hall–Kier alpha value is -0.720. The lowest BCUT2D eigenvalue weighted by molar-refractivity contribution is 0.0614. The standard InChI is InChI=1S/C12H19ClN4OS/c1-8(2)17-6-4-9(5-7-17)16(3)11(18)10-14-15-12(13)19-10/h8-9H,4-7H2,1-3H3. The number of nitrogens with zero attached hydrogens (tertiary/aromatic N) is 4. The van der Waals surface area contributed by atoms with E-state index in [1.165, 1.54) is 0 Å². The zero-order valence-corrected chi connectivity index (χ0v) is 13.0. The van der Waals surface area contributed by atoms with Gasteiger partial charge in [0.05, 0.1) is 0 Å². The number of halogens is 1. The van der Waals surface area contributed by atoms with Crippen LogP contribution in [0.4, 0.5) is 0 Å². The molecule has 1 saturated heterocycles. The van der Waals surface area contributed by atoms with Crippen molar-refractivity contribution in [1.29, 1.82) is 0 Å². The summed E-state index contributed by atoms with van der Waals surface area (Å²) < 4.78 is 0.311. The summed E-state index contributed by atoms with van der Waals surface area (Å²) in [6.45, 7) is 6.49. The average Bonchev–Trinajstić information content (AvgIpc) is 2.84. The van der Waals surface area contributed by atoms with Crippen molar-refractivity contribution in [2.75, 3.05) is 20.1 Å². The number of hydrogen-bond donors (Lipinski definition) is 0. The van der Waals surface area contributed by atoms with Gasteiger partial charge < -0.3 is 9.80 Å². The number of piperidine rings is 1. The van der Waals surface area contributed by atoms with E-state index in [1.54, 1.807) is 4.90 Å². The maximum Gasteiger partial charge on any atom is 0.284 e. The first-order valence-electron chi connectivity index (χ1n) is 6.49. The molecule has 0 aliphatic carbocycles. The van der Waals surface area contributed by atoms with E-state index in [0.29, 0.717) is 15.5 Å². The SMILES string of the molecule is CC(C)N1CCC(N(C)C(=O)c2nnc(Cl)s2)CC1. The van der Waals surface area contributed by atoms with Gasteiger partial charge in [-0.15, -0.1) is 10.2 Å². The molecule has 1 aliphatic rings. The molecule has 5 nitrogen and oxygen atoms in total. The fourth-order valence-electron chi connectivity index (χ4n) is 2.40. The van der Waals surface area contributed by atoms with Crippen LogP contribution in [0.5, 0.6) is 0 Å². The molecular formula is C12H19ClN4OS. The summed E-state index contributed by atoms with van der Waals surface area (Å²) in [5.74, 6) is -0.0765. The Morgan fingerprint density at radius 3 is 2.53 bits per heavy atom. The minimum atomic E-state index is -0.0765. The number of carbonyl (C=O) groups excluding carboxylic acids is 1. The quantitative estimate of drug-likeness (QED) is 0.858. The lowest BCUT2D eigenvalue weighted by Gasteiger charge is -2.38. The van der Waals surface area contributed by atoms with Crippen molar-refractivity contribution in [3.8, 4) is 0 Å². The summed E-state index contributed by atoms with van der Waals surface area (Å²) in [5, 5.41) is 7.86. The van der Waals surface area contributed by atoms with Crippen molar-refractivity contribution in [3.05, 3.63) is 9.47 Å². The van der Waals surface area contributed by atoms with Gasteiger partial charge in [0.25, 0.3) is 5.91 Å². The van der Waals surface area contributed by atoms with Crippen LogP contribution < -0.4 is 0 Å². The number of aromatic nitrogens is 2. The number of amides is 1. The van der Waals surface area contributed by atoms with E-state index in [-0.39, 0.29) is 11.9 Å². The van der Waals surface area contributed by atoms with E-state index in [0.717, 1.165) is 37.3 Å². The second kappa shape index (κ2) is 6.15. The highest BCUT2D eigenvalue weighted by Gasteiger charge is 2.28. The predicted octanol–water partition coefficient (Wildman–Crippen LogP) is 2.14. The first-order valence-corrected chi connectivity index (χ1v) is 7.68. The van der Waals surface area contributed by atoms with Gasteiger partial charge in [0.1, 0.15) is 0 Å². The number of rotatable bonds is 3. The maximum absolute atomic E-state index is 12.2. The van der Waals surface area contributed by atoms with Gasteiger partial charge in [-0.2, -0.15) is 0 Å². The number of carbonyl (C=O) groups is 1. The summed E-state index contributed by atoms with van der Waals surface area (Å²) >= 11 is 6.85. The van der Waals surface area contributed by atoms with Crippen molar-refractivity contribution >= 4 is 28.8 Å². The molecule has 1 amide bonds. The molecule has 1 aromatic heterocycles. The topological polar surface area (TPSA) is 49.3 Å². The molecule has 7 heteroatoms. The van der Waals surface area contributed by atoms with Crippen LogP contribution in [0.15, 0.2) is 0 Å². The van der Waals surface area contributed by atoms with Gasteiger partial charge in [-0.25, -0.2) is 0 Å². The fraction of sp³-hybridized carbons (Fsp3) is 0.750. The molecule has 2 heterocycles. The first kappa shape index (κ1) is 14.7. The van der Waals surface area contributed by atoms with Gasteiger partial charge in [0.15, 0.2) is 0 Å². The largest absolute Gasteiger partial charge is 0.337 e. The van der Waals surface area contributed by atoms with Crippen LogP contribution in [-0.2, 0) is 0 Å².